The summed E-state index contributed by atoms with van der Waals surface area (Å²) in [5, 5.41) is 0. The fraction of sp³-hybridized carbons (Fsp3) is 0.556. The van der Waals surface area contributed by atoms with E-state index in [1.54, 1.807) is 0 Å². The van der Waals surface area contributed by atoms with E-state index >= 15 is 0 Å². The Hall–Kier alpha value is -3.10. The van der Waals surface area contributed by atoms with Crippen molar-refractivity contribution < 1.29 is 4.74 Å². The molecule has 0 fully saturated rings. The van der Waals surface area contributed by atoms with Gasteiger partial charge in [-0.1, -0.05) is 77.6 Å². The number of benzene rings is 2. The fourth-order valence-corrected chi connectivity index (χ4v) is 4.30. The Morgan fingerprint density at radius 1 is 0.902 bits per heavy atom. The van der Waals surface area contributed by atoms with Gasteiger partial charge in [0.2, 0.25) is 0 Å². The third kappa shape index (κ3) is 15.5. The highest BCUT2D eigenvalue weighted by Gasteiger charge is 2.17. The molecule has 2 aromatic carbocycles. The molecule has 0 radical (unpaired) electrons. The van der Waals surface area contributed by atoms with Crippen LogP contribution in [-0.4, -0.2) is 52.3 Å². The Balaban J connectivity index is 0.000000764. The number of nitrogens with zero attached hydrogens (tertiary/aromatic N) is 4. The number of ether oxygens (including phenoxy) is 1. The zero-order valence-corrected chi connectivity index (χ0v) is 27.8. The quantitative estimate of drug-likeness (QED) is 0.131. The number of aliphatic imine (C=N–C) groups is 2. The molecule has 2 aromatic rings. The molecule has 228 valence electrons. The van der Waals surface area contributed by atoms with Crippen LogP contribution in [-0.2, 0) is 4.74 Å². The third-order valence-electron chi connectivity index (χ3n) is 6.53. The van der Waals surface area contributed by atoms with Crippen molar-refractivity contribution in [2.24, 2.45) is 9.98 Å². The molecule has 0 saturated carbocycles. The van der Waals surface area contributed by atoms with Crippen molar-refractivity contribution in [3.05, 3.63) is 53.6 Å². The van der Waals surface area contributed by atoms with E-state index < -0.39 is 0 Å². The lowest BCUT2D eigenvalue weighted by atomic mass is 10.0. The van der Waals surface area contributed by atoms with Crippen molar-refractivity contribution >= 4 is 29.0 Å². The number of anilines is 2. The van der Waals surface area contributed by atoms with E-state index in [-0.39, 0.29) is 0 Å². The largest absolute Gasteiger partial charge is 0.381 e. The molecule has 0 N–H and O–H groups in total. The van der Waals surface area contributed by atoms with E-state index in [0.717, 1.165) is 49.4 Å². The van der Waals surface area contributed by atoms with Gasteiger partial charge < -0.3 is 14.5 Å². The molecule has 0 aliphatic rings. The summed E-state index contributed by atoms with van der Waals surface area (Å²) in [5.74, 6) is 0. The maximum Gasteiger partial charge on any atom is 0.0865 e. The molecule has 5 heteroatoms. The maximum atomic E-state index is 5.35. The molecule has 5 nitrogen and oxygen atoms in total. The second kappa shape index (κ2) is 23.6. The van der Waals surface area contributed by atoms with E-state index in [9.17, 15) is 0 Å². The minimum Gasteiger partial charge on any atom is -0.381 e. The standard InChI is InChI=1S/C21H31N3.C9H13N.C6H14O/c1-7-12-18(13-8-2)24(6)21-15-14-17(16-20(21)23-11-5)19(9-3)22-10-4;1-8-4-6-9(7-5-8)10(2)3;1-3-5-7-6-4-2/h4,11,14-16,18H,7-9,12-13H2,1-3,5-6H3;4-7H,1-3H3;3-6H2,1-2H3. The molecule has 0 aromatic heterocycles. The third-order valence-corrected chi connectivity index (χ3v) is 6.53. The van der Waals surface area contributed by atoms with Crippen LogP contribution >= 0.6 is 0 Å². The summed E-state index contributed by atoms with van der Waals surface area (Å²) < 4.78 is 5.13. The summed E-state index contributed by atoms with van der Waals surface area (Å²) >= 11 is 0. The van der Waals surface area contributed by atoms with Gasteiger partial charge in [-0.3, -0.25) is 4.99 Å². The molecule has 0 amide bonds. The van der Waals surface area contributed by atoms with Crippen LogP contribution in [0.5, 0.6) is 0 Å². The van der Waals surface area contributed by atoms with Gasteiger partial charge in [0, 0.05) is 58.3 Å². The van der Waals surface area contributed by atoms with E-state index in [2.05, 4.69) is 117 Å². The van der Waals surface area contributed by atoms with Gasteiger partial charge in [-0.2, -0.15) is 0 Å². The average Bonchev–Trinajstić information content (AvgIpc) is 2.97. The van der Waals surface area contributed by atoms with E-state index in [4.69, 9.17) is 11.2 Å². The van der Waals surface area contributed by atoms with Crippen LogP contribution in [0, 0.1) is 19.4 Å². The predicted molar refractivity (Wildman–Crippen MR) is 185 cm³/mol. The Bertz CT molecular complexity index is 1020. The first-order chi connectivity index (χ1) is 19.7. The zero-order valence-electron chi connectivity index (χ0n) is 27.8. The first-order valence-corrected chi connectivity index (χ1v) is 15.4. The molecular formula is C36H58N4O. The summed E-state index contributed by atoms with van der Waals surface area (Å²) in [5.41, 5.74) is 6.69. The summed E-state index contributed by atoms with van der Waals surface area (Å²) in [4.78, 5) is 13.2. The number of aryl methyl sites for hydroxylation is 1. The van der Waals surface area contributed by atoms with Gasteiger partial charge in [-0.25, -0.2) is 4.99 Å². The topological polar surface area (TPSA) is 40.4 Å². The second-order valence-electron chi connectivity index (χ2n) is 10.3. The summed E-state index contributed by atoms with van der Waals surface area (Å²) in [6, 6.07) is 17.8. The Labute approximate surface area is 253 Å². The highest BCUT2D eigenvalue weighted by atomic mass is 16.5. The van der Waals surface area contributed by atoms with Gasteiger partial charge in [-0.15, -0.1) is 0 Å². The molecule has 0 unspecified atom stereocenters. The summed E-state index contributed by atoms with van der Waals surface area (Å²) in [6.45, 7) is 16.7. The first-order valence-electron chi connectivity index (χ1n) is 15.4. The Morgan fingerprint density at radius 2 is 1.49 bits per heavy atom. The average molecular weight is 563 g/mol. The number of hydrogen-bond acceptors (Lipinski definition) is 5. The van der Waals surface area contributed by atoms with E-state index in [1.807, 2.05) is 27.2 Å². The van der Waals surface area contributed by atoms with Crippen LogP contribution in [0.3, 0.4) is 0 Å². The lowest BCUT2D eigenvalue weighted by Gasteiger charge is -2.31. The molecule has 0 spiro atoms. The molecule has 41 heavy (non-hydrogen) atoms. The first kappa shape index (κ1) is 37.9. The van der Waals surface area contributed by atoms with Crippen LogP contribution in [0.15, 0.2) is 52.4 Å². The fourth-order valence-electron chi connectivity index (χ4n) is 4.30. The smallest absolute Gasteiger partial charge is 0.0865 e. The van der Waals surface area contributed by atoms with Gasteiger partial charge in [0.1, 0.15) is 0 Å². The molecule has 0 heterocycles. The number of terminal acetylenes is 1. The molecule has 0 atom stereocenters. The van der Waals surface area contributed by atoms with Gasteiger partial charge >= 0.3 is 0 Å². The van der Waals surface area contributed by atoms with Crippen molar-refractivity contribution in [2.75, 3.05) is 44.2 Å². The van der Waals surface area contributed by atoms with Crippen molar-refractivity contribution in [3.63, 3.8) is 0 Å². The van der Waals surface area contributed by atoms with Crippen LogP contribution in [0.1, 0.15) is 97.6 Å². The second-order valence-corrected chi connectivity index (χ2v) is 10.3. The van der Waals surface area contributed by atoms with Crippen LogP contribution < -0.4 is 9.80 Å². The Morgan fingerprint density at radius 3 is 1.93 bits per heavy atom. The van der Waals surface area contributed by atoms with Crippen molar-refractivity contribution in [1.82, 2.24) is 0 Å². The summed E-state index contributed by atoms with van der Waals surface area (Å²) in [6.07, 6.45) is 15.0. The minimum atomic E-state index is 0.543. The minimum absolute atomic E-state index is 0.543. The lowest BCUT2D eigenvalue weighted by molar-refractivity contribution is 0.135. The van der Waals surface area contributed by atoms with Gasteiger partial charge in [0.15, 0.2) is 0 Å². The predicted octanol–water partition coefficient (Wildman–Crippen LogP) is 9.49. The monoisotopic (exact) mass is 562 g/mol. The highest BCUT2D eigenvalue weighted by molar-refractivity contribution is 6.02. The normalized spacial score (nSPS) is 10.9. The van der Waals surface area contributed by atoms with Crippen LogP contribution in [0.2, 0.25) is 0 Å². The lowest BCUT2D eigenvalue weighted by Crippen LogP contribution is -2.31. The van der Waals surface area contributed by atoms with Crippen molar-refractivity contribution in [2.45, 2.75) is 99.5 Å². The van der Waals surface area contributed by atoms with Gasteiger partial charge in [0.05, 0.1) is 17.1 Å². The number of hydrogen-bond donors (Lipinski definition) is 0. The maximum absolute atomic E-state index is 5.35. The molecule has 0 aliphatic carbocycles. The van der Waals surface area contributed by atoms with Crippen molar-refractivity contribution in [3.8, 4) is 12.5 Å². The van der Waals surface area contributed by atoms with Crippen LogP contribution in [0.4, 0.5) is 17.1 Å². The van der Waals surface area contributed by atoms with Crippen molar-refractivity contribution in [1.29, 1.82) is 0 Å². The SMILES string of the molecule is C#CN=C(CC)c1ccc(N(C)C(CCC)CCC)c(N=CC)c1.CCCOCCC.Cc1ccc(N(C)C)cc1. The molecular weight excluding hydrogens is 504 g/mol. The zero-order chi connectivity index (χ0) is 31.0. The van der Waals surface area contributed by atoms with Gasteiger partial charge in [0.25, 0.3) is 0 Å². The van der Waals surface area contributed by atoms with E-state index in [1.165, 1.54) is 42.6 Å². The number of rotatable bonds is 14. The van der Waals surface area contributed by atoms with Crippen LogP contribution in [0.25, 0.3) is 0 Å². The molecule has 0 aliphatic heterocycles. The van der Waals surface area contributed by atoms with Gasteiger partial charge in [-0.05, 0) is 75.8 Å². The van der Waals surface area contributed by atoms with E-state index in [0.29, 0.717) is 6.04 Å². The molecule has 0 bridgehead atoms. The Kier molecular flexibility index (Phi) is 21.8. The molecule has 2 rings (SSSR count). The summed E-state index contributed by atoms with van der Waals surface area (Å²) in [7, 11) is 6.27. The molecule has 0 saturated heterocycles. The highest BCUT2D eigenvalue weighted by Crippen LogP contribution is 2.32.